The van der Waals surface area contributed by atoms with Crippen LogP contribution < -0.4 is 4.90 Å². The Bertz CT molecular complexity index is 750. The molecule has 1 amide bonds. The van der Waals surface area contributed by atoms with Crippen LogP contribution >= 0.6 is 15.9 Å². The van der Waals surface area contributed by atoms with Gasteiger partial charge in [-0.1, -0.05) is 46.3 Å². The molecule has 21 heavy (non-hydrogen) atoms. The number of carbonyl (C=O) groups is 1. The lowest BCUT2D eigenvalue weighted by Crippen LogP contribution is -2.25. The number of carbonyl (C=O) groups excluding carboxylic acids is 1. The molecule has 4 nitrogen and oxygen atoms in total. The van der Waals surface area contributed by atoms with Gasteiger partial charge in [0.15, 0.2) is 5.71 Å². The number of rotatable bonds is 2. The van der Waals surface area contributed by atoms with Gasteiger partial charge >= 0.3 is 0 Å². The van der Waals surface area contributed by atoms with Gasteiger partial charge in [0.1, 0.15) is 0 Å². The number of hydrogen-bond donors (Lipinski definition) is 0. The molecule has 2 aromatic carbocycles. The Morgan fingerprint density at radius 3 is 2.57 bits per heavy atom. The van der Waals surface area contributed by atoms with Gasteiger partial charge in [-0.15, -0.1) is 5.10 Å². The summed E-state index contributed by atoms with van der Waals surface area (Å²) in [6.45, 7) is 0. The molecule has 0 bridgehead atoms. The third-order valence-corrected chi connectivity index (χ3v) is 3.79. The Labute approximate surface area is 130 Å². The monoisotopic (exact) mass is 341 g/mol. The highest BCUT2D eigenvalue weighted by atomic mass is 79.9. The van der Waals surface area contributed by atoms with E-state index in [4.69, 9.17) is 0 Å². The predicted octanol–water partition coefficient (Wildman–Crippen LogP) is 3.25. The van der Waals surface area contributed by atoms with Gasteiger partial charge in [0.2, 0.25) is 0 Å². The fourth-order valence-electron chi connectivity index (χ4n) is 2.15. The Balaban J connectivity index is 1.90. The molecule has 0 saturated carbocycles. The molecule has 3 rings (SSSR count). The predicted molar refractivity (Wildman–Crippen MR) is 88.1 cm³/mol. The normalized spacial score (nSPS) is 16.0. The fourth-order valence-corrected chi connectivity index (χ4v) is 2.41. The Kier molecular flexibility index (Phi) is 3.66. The maximum absolute atomic E-state index is 12.2. The zero-order valence-electron chi connectivity index (χ0n) is 11.3. The van der Waals surface area contributed by atoms with Crippen LogP contribution in [0.5, 0.6) is 0 Å². The summed E-state index contributed by atoms with van der Waals surface area (Å²) in [6, 6.07) is 15.3. The quantitative estimate of drug-likeness (QED) is 0.610. The second-order valence-electron chi connectivity index (χ2n) is 4.63. The van der Waals surface area contributed by atoms with Gasteiger partial charge in [-0.25, -0.2) is 0 Å². The fraction of sp³-hybridized carbons (Fsp3) is 0.0625. The molecule has 0 unspecified atom stereocenters. The van der Waals surface area contributed by atoms with Crippen LogP contribution in [0.25, 0.3) is 0 Å². The summed E-state index contributed by atoms with van der Waals surface area (Å²) >= 11 is 3.38. The molecule has 0 N–H and O–H groups in total. The van der Waals surface area contributed by atoms with Gasteiger partial charge in [-0.3, -0.25) is 4.79 Å². The van der Waals surface area contributed by atoms with E-state index in [9.17, 15) is 4.79 Å². The zero-order valence-corrected chi connectivity index (χ0v) is 12.9. The molecule has 0 fully saturated rings. The molecular formula is C16H12BrN3O. The number of anilines is 1. The minimum Gasteiger partial charge on any atom is -0.309 e. The molecule has 0 aromatic heterocycles. The van der Waals surface area contributed by atoms with E-state index in [2.05, 4.69) is 26.1 Å². The highest BCUT2D eigenvalue weighted by molar-refractivity contribution is 9.10. The summed E-state index contributed by atoms with van der Waals surface area (Å²) in [5, 5.41) is 8.13. The first kappa shape index (κ1) is 13.7. The third-order valence-electron chi connectivity index (χ3n) is 3.26. The van der Waals surface area contributed by atoms with Crippen LogP contribution in [0.4, 0.5) is 5.69 Å². The van der Waals surface area contributed by atoms with Crippen LogP contribution in [-0.4, -0.2) is 24.9 Å². The summed E-state index contributed by atoms with van der Waals surface area (Å²) in [6.07, 6.45) is 1.63. The van der Waals surface area contributed by atoms with Crippen LogP contribution in [-0.2, 0) is 4.79 Å². The Hall–Kier alpha value is -2.27. The average molecular weight is 342 g/mol. The van der Waals surface area contributed by atoms with Crippen molar-refractivity contribution in [2.45, 2.75) is 0 Å². The van der Waals surface area contributed by atoms with Crippen LogP contribution in [0.15, 0.2) is 63.2 Å². The average Bonchev–Trinajstić information content (AvgIpc) is 2.75. The van der Waals surface area contributed by atoms with Gasteiger partial charge in [-0.2, -0.15) is 5.10 Å². The lowest BCUT2D eigenvalue weighted by atomic mass is 10.1. The van der Waals surface area contributed by atoms with Crippen molar-refractivity contribution in [3.63, 3.8) is 0 Å². The molecule has 0 radical (unpaired) electrons. The molecule has 2 aromatic rings. The second-order valence-corrected chi connectivity index (χ2v) is 5.54. The van der Waals surface area contributed by atoms with Crippen molar-refractivity contribution in [2.24, 2.45) is 10.2 Å². The number of likely N-dealkylation sites (N-methyl/N-ethyl adjacent to an activating group) is 1. The van der Waals surface area contributed by atoms with Gasteiger partial charge in [0.25, 0.3) is 5.91 Å². The first-order valence-electron chi connectivity index (χ1n) is 6.41. The summed E-state index contributed by atoms with van der Waals surface area (Å²) in [7, 11) is 1.74. The summed E-state index contributed by atoms with van der Waals surface area (Å²) in [5.74, 6) is -0.135. The van der Waals surface area contributed by atoms with Gasteiger partial charge < -0.3 is 4.90 Å². The summed E-state index contributed by atoms with van der Waals surface area (Å²) < 4.78 is 1.01. The van der Waals surface area contributed by atoms with Crippen molar-refractivity contribution >= 4 is 39.5 Å². The van der Waals surface area contributed by atoms with E-state index >= 15 is 0 Å². The van der Waals surface area contributed by atoms with Crippen molar-refractivity contribution < 1.29 is 4.79 Å². The zero-order chi connectivity index (χ0) is 14.8. The number of amides is 1. The minimum atomic E-state index is -0.135. The number of para-hydroxylation sites is 1. The highest BCUT2D eigenvalue weighted by Crippen LogP contribution is 2.27. The van der Waals surface area contributed by atoms with E-state index in [-0.39, 0.29) is 5.91 Å². The van der Waals surface area contributed by atoms with E-state index in [1.807, 2.05) is 48.5 Å². The van der Waals surface area contributed by atoms with Crippen LogP contribution in [0, 0.1) is 0 Å². The second kappa shape index (κ2) is 5.61. The molecule has 0 aliphatic carbocycles. The lowest BCUT2D eigenvalue weighted by molar-refractivity contribution is -0.111. The first-order valence-corrected chi connectivity index (χ1v) is 7.20. The number of hydrogen-bond acceptors (Lipinski definition) is 3. The van der Waals surface area contributed by atoms with Crippen molar-refractivity contribution in [1.29, 1.82) is 0 Å². The molecular weight excluding hydrogens is 330 g/mol. The van der Waals surface area contributed by atoms with Gasteiger partial charge in [0, 0.05) is 17.1 Å². The van der Waals surface area contributed by atoms with Crippen LogP contribution in [0.3, 0.4) is 0 Å². The Morgan fingerprint density at radius 2 is 1.81 bits per heavy atom. The topological polar surface area (TPSA) is 45.0 Å². The summed E-state index contributed by atoms with van der Waals surface area (Å²) in [5.41, 5.74) is 2.98. The highest BCUT2D eigenvalue weighted by Gasteiger charge is 2.30. The molecule has 0 atom stereocenters. The van der Waals surface area contributed by atoms with Crippen LogP contribution in [0.1, 0.15) is 11.1 Å². The largest absolute Gasteiger partial charge is 0.309 e. The van der Waals surface area contributed by atoms with E-state index in [1.54, 1.807) is 18.2 Å². The van der Waals surface area contributed by atoms with Crippen LogP contribution in [0.2, 0.25) is 0 Å². The van der Waals surface area contributed by atoms with E-state index < -0.39 is 0 Å². The maximum Gasteiger partial charge on any atom is 0.279 e. The summed E-state index contributed by atoms with van der Waals surface area (Å²) in [4.78, 5) is 13.8. The smallest absolute Gasteiger partial charge is 0.279 e. The van der Waals surface area contributed by atoms with E-state index in [0.717, 1.165) is 21.3 Å². The lowest BCUT2D eigenvalue weighted by Gasteiger charge is -2.07. The molecule has 0 saturated heterocycles. The molecule has 1 heterocycles. The maximum atomic E-state index is 12.2. The number of fused-ring (bicyclic) bond motifs is 1. The SMILES string of the molecule is CN1C(=O)/C(=N/N=C\c2ccc(Br)cc2)c2ccccc21. The van der Waals surface area contributed by atoms with E-state index in [0.29, 0.717) is 5.71 Å². The molecule has 1 aliphatic rings. The molecule has 1 aliphatic heterocycles. The first-order chi connectivity index (χ1) is 10.2. The Morgan fingerprint density at radius 1 is 1.10 bits per heavy atom. The van der Waals surface area contributed by atoms with Crippen molar-refractivity contribution in [1.82, 2.24) is 0 Å². The van der Waals surface area contributed by atoms with Gasteiger partial charge in [-0.05, 0) is 23.8 Å². The number of benzene rings is 2. The van der Waals surface area contributed by atoms with Crippen molar-refractivity contribution in [3.8, 4) is 0 Å². The molecule has 104 valence electrons. The van der Waals surface area contributed by atoms with E-state index in [1.165, 1.54) is 0 Å². The standard InChI is InChI=1S/C16H12BrN3O/c1-20-14-5-3-2-4-13(14)15(16(20)21)19-18-10-11-6-8-12(17)9-7-11/h2-10H,1H3/b18-10-,19-15+. The number of halogens is 1. The molecule has 5 heteroatoms. The minimum absolute atomic E-state index is 0.135. The molecule has 0 spiro atoms. The number of nitrogens with zero attached hydrogens (tertiary/aromatic N) is 3. The van der Waals surface area contributed by atoms with Gasteiger partial charge in [0.05, 0.1) is 11.9 Å². The third kappa shape index (κ3) is 2.64. The van der Waals surface area contributed by atoms with Crippen molar-refractivity contribution in [3.05, 3.63) is 64.1 Å². The van der Waals surface area contributed by atoms with Crippen molar-refractivity contribution in [2.75, 3.05) is 11.9 Å².